The Morgan fingerprint density at radius 2 is 0.750 bits per heavy atom. The first-order valence-electron chi connectivity index (χ1n) is 20.9. The van der Waals surface area contributed by atoms with E-state index < -0.39 is 20.2 Å². The number of aryl methyl sites for hydroxylation is 4. The fraction of sp³-hybridized carbons (Fsp3) is 0.240. The summed E-state index contributed by atoms with van der Waals surface area (Å²) in [5.74, 6) is 0. The predicted octanol–water partition coefficient (Wildman–Crippen LogP) is 9.55. The number of anilines is 4. The van der Waals surface area contributed by atoms with Gasteiger partial charge in [-0.15, -0.1) is 0 Å². The van der Waals surface area contributed by atoms with Crippen LogP contribution in [0.15, 0.2) is 155 Å². The van der Waals surface area contributed by atoms with E-state index in [1.165, 1.54) is 34.4 Å². The molecule has 2 heterocycles. The van der Waals surface area contributed by atoms with Crippen LogP contribution in [0.25, 0.3) is 0 Å². The zero-order chi connectivity index (χ0) is 44.0. The third kappa shape index (κ3) is 11.1. The Hall–Kier alpha value is -4.18. The Morgan fingerprint density at radius 3 is 1.05 bits per heavy atom. The van der Waals surface area contributed by atoms with Gasteiger partial charge in [-0.25, -0.2) is 16.8 Å². The van der Waals surface area contributed by atoms with Crippen molar-refractivity contribution >= 4 is 43.0 Å². The summed E-state index contributed by atoms with van der Waals surface area (Å²) >= 11 is 0. The van der Waals surface area contributed by atoms with Crippen molar-refractivity contribution in [3.05, 3.63) is 192 Å². The summed E-state index contributed by atoms with van der Waals surface area (Å²) in [5, 5.41) is 0. The van der Waals surface area contributed by atoms with Gasteiger partial charge in [-0.05, 0) is 83.3 Å². The molecular formula is C50H50Ag2N4O6S2. The molecule has 0 bridgehead atoms. The van der Waals surface area contributed by atoms with Gasteiger partial charge in [-0.3, -0.25) is 0 Å². The molecule has 2 atom stereocenters. The van der Waals surface area contributed by atoms with Crippen molar-refractivity contribution in [1.82, 2.24) is 0 Å². The van der Waals surface area contributed by atoms with E-state index in [9.17, 15) is 25.9 Å². The molecule has 4 radical (unpaired) electrons. The van der Waals surface area contributed by atoms with Crippen LogP contribution in [-0.4, -0.2) is 39.0 Å². The Kier molecular flexibility index (Phi) is 17.7. The van der Waals surface area contributed by atoms with E-state index in [2.05, 4.69) is 87.2 Å². The number of benzene rings is 6. The number of hydrogen-bond donors (Lipinski definition) is 0. The van der Waals surface area contributed by atoms with Gasteiger partial charge in [0.05, 0.1) is 33.2 Å². The minimum Gasteiger partial charge on any atom is -0.744 e. The van der Waals surface area contributed by atoms with Crippen molar-refractivity contribution in [1.29, 1.82) is 0 Å². The molecule has 0 amide bonds. The van der Waals surface area contributed by atoms with Crippen LogP contribution in [0.3, 0.4) is 0 Å². The van der Waals surface area contributed by atoms with E-state index in [4.69, 9.17) is 0 Å². The minimum atomic E-state index is -4.63. The van der Waals surface area contributed by atoms with Gasteiger partial charge in [-0.1, -0.05) is 149 Å². The molecule has 0 spiro atoms. The van der Waals surface area contributed by atoms with Gasteiger partial charge < -0.3 is 28.7 Å². The summed E-state index contributed by atoms with van der Waals surface area (Å²) < 4.78 is 71.9. The maximum absolute atomic E-state index is 12.0. The number of para-hydroxylation sites is 4. The summed E-state index contributed by atoms with van der Waals surface area (Å²) in [6.07, 6.45) is 3.51. The molecule has 6 aromatic carbocycles. The van der Waals surface area contributed by atoms with E-state index in [1.54, 1.807) is 46.2 Å². The smallest absolute Gasteiger partial charge is 0.744 e. The van der Waals surface area contributed by atoms with Crippen LogP contribution >= 0.6 is 0 Å². The first-order chi connectivity index (χ1) is 29.9. The largest absolute Gasteiger partial charge is 1.00 e. The standard InChI is InChI=1S/2C25H26N2O3S.2Ag/c2*1-3-19-13-10-14-20(4-2)25(19)26-17-23(21-11-6-5-7-12-21)27(18-26)22-15-8-9-16-24(22)31(28,29)30;;/h2*5-16,23H,3-4,17H2,1-2H3,(H,28,29,30);;/q;;2*+1/p-2/t2*23-;;/m11../s1. The average Bonchev–Trinajstić information content (AvgIpc) is 3.94. The van der Waals surface area contributed by atoms with Crippen molar-refractivity contribution in [3.8, 4) is 0 Å². The first kappa shape index (κ1) is 50.8. The van der Waals surface area contributed by atoms with E-state index in [0.717, 1.165) is 48.2 Å². The number of hydrogen-bond acceptors (Lipinski definition) is 10. The number of nitrogens with zero attached hydrogens (tertiary/aromatic N) is 4. The minimum absolute atomic E-state index is 0. The summed E-state index contributed by atoms with van der Waals surface area (Å²) in [6, 6.07) is 44.8. The van der Waals surface area contributed by atoms with E-state index >= 15 is 0 Å². The summed E-state index contributed by atoms with van der Waals surface area (Å²) in [4.78, 5) is 7.28. The molecule has 6 aromatic rings. The molecule has 0 saturated carbocycles. The summed E-state index contributed by atoms with van der Waals surface area (Å²) in [5.41, 5.74) is 9.83. The van der Waals surface area contributed by atoms with Crippen LogP contribution < -0.4 is 19.6 Å². The van der Waals surface area contributed by atoms with Crippen LogP contribution in [0, 0.1) is 13.3 Å². The monoisotopic (exact) mass is 1080 g/mol. The van der Waals surface area contributed by atoms with Gasteiger partial charge in [-0.2, -0.15) is 0 Å². The summed E-state index contributed by atoms with van der Waals surface area (Å²) in [7, 11) is -9.27. The Balaban J connectivity index is 0.000000234. The molecule has 0 unspecified atom stereocenters. The molecular weight excluding hydrogens is 1030 g/mol. The first-order valence-corrected chi connectivity index (χ1v) is 23.8. The SMILES string of the molecule is CCc1cccc(CC)c1N1[C]N(c2ccccc2S(=O)(=O)[O-])[C@@H](c2ccccc2)C1.CCc1cccc(CC)c1N1[C]N(c2ccccc2S(=O)(=O)[O-])[C@@H](c2ccccc2)C1.[Ag+].[Ag+]. The molecule has 14 heteroatoms. The fourth-order valence-corrected chi connectivity index (χ4v) is 9.77. The van der Waals surface area contributed by atoms with Crippen LogP contribution in [0.2, 0.25) is 0 Å². The van der Waals surface area contributed by atoms with Crippen molar-refractivity contribution in [2.45, 2.75) is 75.3 Å². The van der Waals surface area contributed by atoms with Gasteiger partial charge in [0, 0.05) is 24.5 Å². The molecule has 2 fully saturated rings. The zero-order valence-electron chi connectivity index (χ0n) is 35.9. The maximum Gasteiger partial charge on any atom is 1.00 e. The average molecular weight is 1080 g/mol. The third-order valence-electron chi connectivity index (χ3n) is 11.4. The van der Waals surface area contributed by atoms with Gasteiger partial charge >= 0.3 is 44.8 Å². The summed E-state index contributed by atoms with van der Waals surface area (Å²) in [6.45, 7) is 16.5. The van der Waals surface area contributed by atoms with Crippen LogP contribution in [0.4, 0.5) is 22.7 Å². The van der Waals surface area contributed by atoms with Crippen LogP contribution in [0.5, 0.6) is 0 Å². The predicted molar refractivity (Wildman–Crippen MR) is 244 cm³/mol. The van der Waals surface area contributed by atoms with Crippen molar-refractivity contribution in [3.63, 3.8) is 0 Å². The molecule has 8 rings (SSSR count). The van der Waals surface area contributed by atoms with E-state index in [1.807, 2.05) is 60.7 Å². The topological polar surface area (TPSA) is 127 Å². The Labute approximate surface area is 410 Å². The van der Waals surface area contributed by atoms with E-state index in [0.29, 0.717) is 24.5 Å². The molecule has 64 heavy (non-hydrogen) atoms. The second-order valence-corrected chi connectivity index (χ2v) is 17.8. The molecule has 2 aliphatic heterocycles. The van der Waals surface area contributed by atoms with Gasteiger partial charge in [0.1, 0.15) is 20.2 Å². The van der Waals surface area contributed by atoms with Crippen molar-refractivity contribution in [2.24, 2.45) is 0 Å². The zero-order valence-corrected chi connectivity index (χ0v) is 40.5. The molecule has 0 N–H and O–H groups in total. The Bertz CT molecular complexity index is 2480. The quantitative estimate of drug-likeness (QED) is 0.0864. The second kappa shape index (κ2) is 22.3. The van der Waals surface area contributed by atoms with Crippen LogP contribution in [0.1, 0.15) is 73.2 Å². The molecule has 0 aromatic heterocycles. The normalized spacial score (nSPS) is 16.2. The van der Waals surface area contributed by atoms with Crippen molar-refractivity contribution < 1.29 is 70.7 Å². The molecule has 10 nitrogen and oxygen atoms in total. The second-order valence-electron chi connectivity index (χ2n) is 15.1. The number of rotatable bonds is 12. The van der Waals surface area contributed by atoms with Gasteiger partial charge in [0.15, 0.2) is 0 Å². The van der Waals surface area contributed by atoms with Crippen molar-refractivity contribution in [2.75, 3.05) is 32.7 Å². The maximum atomic E-state index is 12.0. The molecule has 0 aliphatic carbocycles. The van der Waals surface area contributed by atoms with Gasteiger partial charge in [0.2, 0.25) is 13.3 Å². The molecule has 2 aliphatic rings. The third-order valence-corrected chi connectivity index (χ3v) is 13.2. The van der Waals surface area contributed by atoms with Crippen LogP contribution in [-0.2, 0) is 90.7 Å². The van der Waals surface area contributed by atoms with Gasteiger partial charge in [0.25, 0.3) is 0 Å². The molecule has 2 saturated heterocycles. The Morgan fingerprint density at radius 1 is 0.453 bits per heavy atom. The molecule has 340 valence electrons. The fourth-order valence-electron chi connectivity index (χ4n) is 8.43. The van der Waals surface area contributed by atoms with E-state index in [-0.39, 0.29) is 66.6 Å².